The van der Waals surface area contributed by atoms with Crippen molar-refractivity contribution in [1.82, 2.24) is 4.90 Å². The fourth-order valence-corrected chi connectivity index (χ4v) is 4.71. The summed E-state index contributed by atoms with van der Waals surface area (Å²) in [5, 5.41) is 0. The highest BCUT2D eigenvalue weighted by molar-refractivity contribution is 5.94. The molecule has 1 aliphatic heterocycles. The van der Waals surface area contributed by atoms with Crippen molar-refractivity contribution in [2.75, 3.05) is 18.0 Å². The summed E-state index contributed by atoms with van der Waals surface area (Å²) >= 11 is 0. The summed E-state index contributed by atoms with van der Waals surface area (Å²) in [6, 6.07) is 27.1. The molecule has 1 aliphatic rings. The molecule has 4 nitrogen and oxygen atoms in total. The highest BCUT2D eigenvalue weighted by Crippen LogP contribution is 2.27. The standard InChI is InChI=1S/C30H36N2O2/c1-3-9-30(33)32(26-16-14-24(4-2)15-17-26)27-18-20-31(21-19-27)23-25-10-8-13-29(22-25)34-28-11-6-5-7-12-28/h5-8,10-17,22,27H,3-4,9,18-21,23H2,1-2H3. The highest BCUT2D eigenvalue weighted by Gasteiger charge is 2.28. The van der Waals surface area contributed by atoms with Gasteiger partial charge in [-0.1, -0.05) is 56.3 Å². The van der Waals surface area contributed by atoms with E-state index in [0.29, 0.717) is 6.42 Å². The van der Waals surface area contributed by atoms with Crippen LogP contribution in [0.25, 0.3) is 0 Å². The van der Waals surface area contributed by atoms with Crippen molar-refractivity contribution in [2.24, 2.45) is 0 Å². The van der Waals surface area contributed by atoms with Crippen LogP contribution in [0.1, 0.15) is 50.7 Å². The molecule has 1 saturated heterocycles. The van der Waals surface area contributed by atoms with Crippen LogP contribution in [0.15, 0.2) is 78.9 Å². The van der Waals surface area contributed by atoms with Crippen LogP contribution in [0, 0.1) is 0 Å². The third-order valence-electron chi connectivity index (χ3n) is 6.56. The van der Waals surface area contributed by atoms with Gasteiger partial charge in [-0.2, -0.15) is 0 Å². The highest BCUT2D eigenvalue weighted by atomic mass is 16.5. The molecule has 4 heteroatoms. The lowest BCUT2D eigenvalue weighted by molar-refractivity contribution is -0.119. The van der Waals surface area contributed by atoms with Gasteiger partial charge in [-0.05, 0) is 73.2 Å². The van der Waals surface area contributed by atoms with Gasteiger partial charge in [0, 0.05) is 37.8 Å². The van der Waals surface area contributed by atoms with E-state index in [-0.39, 0.29) is 11.9 Å². The number of benzene rings is 3. The number of likely N-dealkylation sites (tertiary alicyclic amines) is 1. The van der Waals surface area contributed by atoms with E-state index in [9.17, 15) is 4.79 Å². The Morgan fingerprint density at radius 3 is 2.26 bits per heavy atom. The summed E-state index contributed by atoms with van der Waals surface area (Å²) in [5.74, 6) is 1.96. The number of hydrogen-bond acceptors (Lipinski definition) is 3. The first-order valence-electron chi connectivity index (χ1n) is 12.6. The second kappa shape index (κ2) is 11.8. The number of piperidine rings is 1. The van der Waals surface area contributed by atoms with Crippen molar-refractivity contribution >= 4 is 11.6 Å². The predicted molar refractivity (Wildman–Crippen MR) is 139 cm³/mol. The normalized spacial score (nSPS) is 14.6. The topological polar surface area (TPSA) is 32.8 Å². The molecule has 1 fully saturated rings. The Balaban J connectivity index is 1.38. The van der Waals surface area contributed by atoms with Gasteiger partial charge in [-0.15, -0.1) is 0 Å². The van der Waals surface area contributed by atoms with Gasteiger partial charge in [0.15, 0.2) is 0 Å². The molecular weight excluding hydrogens is 420 g/mol. The zero-order valence-electron chi connectivity index (χ0n) is 20.5. The van der Waals surface area contributed by atoms with E-state index in [1.54, 1.807) is 0 Å². The van der Waals surface area contributed by atoms with Crippen LogP contribution in [0.5, 0.6) is 11.5 Å². The Hall–Kier alpha value is -3.11. The minimum atomic E-state index is 0.246. The molecule has 0 aromatic heterocycles. The Morgan fingerprint density at radius 1 is 0.882 bits per heavy atom. The Morgan fingerprint density at radius 2 is 1.59 bits per heavy atom. The van der Waals surface area contributed by atoms with E-state index in [2.05, 4.69) is 66.1 Å². The third kappa shape index (κ3) is 6.27. The first-order chi connectivity index (χ1) is 16.7. The van der Waals surface area contributed by atoms with E-state index in [1.165, 1.54) is 11.1 Å². The molecule has 0 saturated carbocycles. The van der Waals surface area contributed by atoms with Crippen molar-refractivity contribution in [1.29, 1.82) is 0 Å². The number of amides is 1. The molecule has 0 aliphatic carbocycles. The van der Waals surface area contributed by atoms with Gasteiger partial charge in [-0.25, -0.2) is 0 Å². The second-order valence-corrected chi connectivity index (χ2v) is 9.10. The molecule has 0 atom stereocenters. The molecule has 0 bridgehead atoms. The number of carbonyl (C=O) groups is 1. The lowest BCUT2D eigenvalue weighted by Gasteiger charge is -2.39. The maximum absolute atomic E-state index is 13.1. The van der Waals surface area contributed by atoms with Gasteiger partial charge in [0.2, 0.25) is 5.91 Å². The minimum absolute atomic E-state index is 0.246. The van der Waals surface area contributed by atoms with Crippen molar-refractivity contribution < 1.29 is 9.53 Å². The smallest absolute Gasteiger partial charge is 0.227 e. The zero-order chi connectivity index (χ0) is 23.8. The van der Waals surface area contributed by atoms with Gasteiger partial charge in [0.1, 0.15) is 11.5 Å². The van der Waals surface area contributed by atoms with Crippen LogP contribution in [0.4, 0.5) is 5.69 Å². The molecular formula is C30H36N2O2. The van der Waals surface area contributed by atoms with Crippen LogP contribution in [-0.4, -0.2) is 29.9 Å². The van der Waals surface area contributed by atoms with Gasteiger partial charge < -0.3 is 9.64 Å². The van der Waals surface area contributed by atoms with E-state index >= 15 is 0 Å². The van der Waals surface area contributed by atoms with Crippen molar-refractivity contribution in [3.63, 3.8) is 0 Å². The quantitative estimate of drug-likeness (QED) is 0.353. The average molecular weight is 457 g/mol. The van der Waals surface area contributed by atoms with Crippen molar-refractivity contribution in [2.45, 2.75) is 58.5 Å². The summed E-state index contributed by atoms with van der Waals surface area (Å²) in [7, 11) is 0. The minimum Gasteiger partial charge on any atom is -0.457 e. The number of rotatable bonds is 9. The summed E-state index contributed by atoms with van der Waals surface area (Å²) in [4.78, 5) is 17.6. The van der Waals surface area contributed by atoms with E-state index in [1.807, 2.05) is 36.4 Å². The fourth-order valence-electron chi connectivity index (χ4n) is 4.71. The molecule has 3 aromatic carbocycles. The number of ether oxygens (including phenoxy) is 1. The van der Waals surface area contributed by atoms with Gasteiger partial charge >= 0.3 is 0 Å². The molecule has 3 aromatic rings. The molecule has 178 valence electrons. The monoisotopic (exact) mass is 456 g/mol. The number of anilines is 1. The molecule has 0 unspecified atom stereocenters. The van der Waals surface area contributed by atoms with Crippen LogP contribution in [0.3, 0.4) is 0 Å². The first-order valence-corrected chi connectivity index (χ1v) is 12.6. The van der Waals surface area contributed by atoms with E-state index in [0.717, 1.165) is 62.5 Å². The first kappa shape index (κ1) is 24.0. The van der Waals surface area contributed by atoms with Crippen molar-refractivity contribution in [3.8, 4) is 11.5 Å². The molecule has 34 heavy (non-hydrogen) atoms. The second-order valence-electron chi connectivity index (χ2n) is 9.10. The Kier molecular flexibility index (Phi) is 8.37. The number of aryl methyl sites for hydroxylation is 1. The maximum atomic E-state index is 13.1. The van der Waals surface area contributed by atoms with Gasteiger partial charge in [0.25, 0.3) is 0 Å². The molecule has 0 N–H and O–H groups in total. The number of carbonyl (C=O) groups excluding carboxylic acids is 1. The Bertz CT molecular complexity index is 1040. The van der Waals surface area contributed by atoms with Crippen LogP contribution >= 0.6 is 0 Å². The Labute approximate surface area is 204 Å². The predicted octanol–water partition coefficient (Wildman–Crippen LogP) is 6.84. The molecule has 0 radical (unpaired) electrons. The van der Waals surface area contributed by atoms with Gasteiger partial charge in [-0.3, -0.25) is 9.69 Å². The summed E-state index contributed by atoms with van der Waals surface area (Å²) in [6.07, 6.45) is 4.47. The fraction of sp³-hybridized carbons (Fsp3) is 0.367. The summed E-state index contributed by atoms with van der Waals surface area (Å²) in [6.45, 7) is 7.10. The van der Waals surface area contributed by atoms with Gasteiger partial charge in [0.05, 0.1) is 0 Å². The zero-order valence-corrected chi connectivity index (χ0v) is 20.5. The third-order valence-corrected chi connectivity index (χ3v) is 6.56. The molecule has 1 heterocycles. The summed E-state index contributed by atoms with van der Waals surface area (Å²) < 4.78 is 6.01. The molecule has 1 amide bonds. The largest absolute Gasteiger partial charge is 0.457 e. The molecule has 0 spiro atoms. The number of nitrogens with zero attached hydrogens (tertiary/aromatic N) is 2. The maximum Gasteiger partial charge on any atom is 0.227 e. The summed E-state index contributed by atoms with van der Waals surface area (Å²) in [5.41, 5.74) is 3.60. The number of para-hydroxylation sites is 1. The van der Waals surface area contributed by atoms with Crippen LogP contribution < -0.4 is 9.64 Å². The molecule has 4 rings (SSSR count). The SMILES string of the molecule is CCCC(=O)N(c1ccc(CC)cc1)C1CCN(Cc2cccc(Oc3ccccc3)c2)CC1. The number of hydrogen-bond donors (Lipinski definition) is 0. The van der Waals surface area contributed by atoms with Crippen LogP contribution in [-0.2, 0) is 17.8 Å². The van der Waals surface area contributed by atoms with Crippen LogP contribution in [0.2, 0.25) is 0 Å². The van der Waals surface area contributed by atoms with E-state index < -0.39 is 0 Å². The lowest BCUT2D eigenvalue weighted by Crippen LogP contribution is -2.47. The van der Waals surface area contributed by atoms with Crippen molar-refractivity contribution in [3.05, 3.63) is 90.0 Å². The average Bonchev–Trinajstić information content (AvgIpc) is 2.87. The lowest BCUT2D eigenvalue weighted by atomic mass is 10.00. The van der Waals surface area contributed by atoms with E-state index in [4.69, 9.17) is 4.74 Å².